The Kier molecular flexibility index (Phi) is 2.30. The maximum absolute atomic E-state index is 10.6. The molecule has 0 unspecified atom stereocenters. The summed E-state index contributed by atoms with van der Waals surface area (Å²) in [6.45, 7) is 0.107. The Bertz CT molecular complexity index is 309. The number of rotatable bonds is 2. The van der Waals surface area contributed by atoms with E-state index < -0.39 is 5.97 Å². The van der Waals surface area contributed by atoms with Gasteiger partial charge in [-0.15, -0.1) is 0 Å². The van der Waals surface area contributed by atoms with Crippen molar-refractivity contribution in [1.82, 2.24) is 0 Å². The summed E-state index contributed by atoms with van der Waals surface area (Å²) in [6, 6.07) is 4.01. The molecule has 0 saturated carbocycles. The minimum Gasteiger partial charge on any atom is -0.508 e. The number of carboxylic acid groups (broad SMARTS) is 1. The highest BCUT2D eigenvalue weighted by Crippen LogP contribution is 2.15. The van der Waals surface area contributed by atoms with Crippen molar-refractivity contribution in [2.45, 2.75) is 6.54 Å². The van der Waals surface area contributed by atoms with Gasteiger partial charge >= 0.3 is 5.97 Å². The predicted octanol–water partition coefficient (Wildman–Crippen LogP) is 0.549. The summed E-state index contributed by atoms with van der Waals surface area (Å²) in [5, 5.41) is 17.7. The van der Waals surface area contributed by atoms with Gasteiger partial charge in [-0.05, 0) is 23.8 Å². The highest BCUT2D eigenvalue weighted by atomic mass is 16.4. The van der Waals surface area contributed by atoms with Crippen LogP contribution in [0.4, 0.5) is 0 Å². The second kappa shape index (κ2) is 3.23. The van der Waals surface area contributed by atoms with Crippen LogP contribution in [-0.2, 0) is 6.54 Å². The molecule has 0 radical (unpaired) electrons. The zero-order valence-electron chi connectivity index (χ0n) is 6.32. The highest BCUT2D eigenvalue weighted by Gasteiger charge is 2.08. The molecule has 0 atom stereocenters. The quantitative estimate of drug-likeness (QED) is 0.600. The highest BCUT2D eigenvalue weighted by molar-refractivity contribution is 5.89. The first kappa shape index (κ1) is 8.55. The van der Waals surface area contributed by atoms with Crippen LogP contribution >= 0.6 is 0 Å². The molecule has 1 aromatic rings. The van der Waals surface area contributed by atoms with Crippen LogP contribution < -0.4 is 5.73 Å². The van der Waals surface area contributed by atoms with Gasteiger partial charge in [0.1, 0.15) is 5.75 Å². The first-order valence-corrected chi connectivity index (χ1v) is 3.40. The number of carboxylic acids is 1. The molecular formula is C8H9NO3. The van der Waals surface area contributed by atoms with Gasteiger partial charge in [0.15, 0.2) is 0 Å². The molecule has 4 heteroatoms. The van der Waals surface area contributed by atoms with Crippen molar-refractivity contribution in [3.05, 3.63) is 29.3 Å². The Labute approximate surface area is 69.3 Å². The van der Waals surface area contributed by atoms with Gasteiger partial charge < -0.3 is 15.9 Å². The minimum atomic E-state index is -1.03. The molecule has 12 heavy (non-hydrogen) atoms. The van der Waals surface area contributed by atoms with Crippen LogP contribution in [0.2, 0.25) is 0 Å². The third kappa shape index (κ3) is 1.54. The molecule has 0 aliphatic rings. The van der Waals surface area contributed by atoms with E-state index >= 15 is 0 Å². The zero-order chi connectivity index (χ0) is 9.14. The topological polar surface area (TPSA) is 83.5 Å². The molecule has 64 valence electrons. The van der Waals surface area contributed by atoms with Crippen molar-refractivity contribution in [3.8, 4) is 5.75 Å². The second-order valence-electron chi connectivity index (χ2n) is 2.35. The molecule has 0 amide bonds. The lowest BCUT2D eigenvalue weighted by Gasteiger charge is -2.02. The average molecular weight is 167 g/mol. The van der Waals surface area contributed by atoms with E-state index in [1.807, 2.05) is 0 Å². The van der Waals surface area contributed by atoms with Gasteiger partial charge in [-0.3, -0.25) is 0 Å². The molecule has 4 nitrogen and oxygen atoms in total. The van der Waals surface area contributed by atoms with Crippen molar-refractivity contribution >= 4 is 5.97 Å². The maximum atomic E-state index is 10.6. The van der Waals surface area contributed by atoms with E-state index in [-0.39, 0.29) is 17.9 Å². The molecule has 0 aromatic heterocycles. The first-order chi connectivity index (χ1) is 5.65. The van der Waals surface area contributed by atoms with Crippen LogP contribution in [0.3, 0.4) is 0 Å². The normalized spacial score (nSPS) is 9.75. The van der Waals surface area contributed by atoms with Crippen LogP contribution in [0.5, 0.6) is 5.75 Å². The Morgan fingerprint density at radius 3 is 2.67 bits per heavy atom. The predicted molar refractivity (Wildman–Crippen MR) is 43.0 cm³/mol. The van der Waals surface area contributed by atoms with Gasteiger partial charge in [0.2, 0.25) is 0 Å². The molecule has 0 bridgehead atoms. The van der Waals surface area contributed by atoms with Gasteiger partial charge in [0.25, 0.3) is 0 Å². The van der Waals surface area contributed by atoms with Crippen molar-refractivity contribution in [1.29, 1.82) is 0 Å². The van der Waals surface area contributed by atoms with Crippen molar-refractivity contribution in [2.75, 3.05) is 0 Å². The van der Waals surface area contributed by atoms with Crippen molar-refractivity contribution < 1.29 is 15.0 Å². The minimum absolute atomic E-state index is 0.0282. The lowest BCUT2D eigenvalue weighted by Crippen LogP contribution is -2.06. The lowest BCUT2D eigenvalue weighted by molar-refractivity contribution is 0.0695. The fourth-order valence-electron chi connectivity index (χ4n) is 0.958. The van der Waals surface area contributed by atoms with Gasteiger partial charge in [-0.1, -0.05) is 0 Å². The van der Waals surface area contributed by atoms with Crippen LogP contribution in [0.25, 0.3) is 0 Å². The molecule has 1 rings (SSSR count). The average Bonchev–Trinajstić information content (AvgIpc) is 2.03. The lowest BCUT2D eigenvalue weighted by atomic mass is 10.1. The van der Waals surface area contributed by atoms with Gasteiger partial charge in [0.05, 0.1) is 5.56 Å². The van der Waals surface area contributed by atoms with E-state index in [9.17, 15) is 4.79 Å². The number of aromatic carboxylic acids is 1. The molecule has 0 fully saturated rings. The van der Waals surface area contributed by atoms with Gasteiger partial charge in [0, 0.05) is 6.54 Å². The fourth-order valence-corrected chi connectivity index (χ4v) is 0.958. The number of phenols is 1. The number of hydrogen-bond acceptors (Lipinski definition) is 3. The number of hydrogen-bond donors (Lipinski definition) is 3. The number of carbonyl (C=O) groups is 1. The molecule has 1 aromatic carbocycles. The van der Waals surface area contributed by atoms with E-state index in [0.29, 0.717) is 5.56 Å². The summed E-state index contributed by atoms with van der Waals surface area (Å²) in [4.78, 5) is 10.6. The summed E-state index contributed by atoms with van der Waals surface area (Å²) >= 11 is 0. The zero-order valence-corrected chi connectivity index (χ0v) is 6.32. The largest absolute Gasteiger partial charge is 0.508 e. The van der Waals surface area contributed by atoms with Crippen LogP contribution in [0.15, 0.2) is 18.2 Å². The van der Waals surface area contributed by atoms with Crippen LogP contribution in [0, 0.1) is 0 Å². The number of phenolic OH excluding ortho intramolecular Hbond substituents is 1. The smallest absolute Gasteiger partial charge is 0.336 e. The third-order valence-corrected chi connectivity index (χ3v) is 1.54. The molecule has 0 saturated heterocycles. The van der Waals surface area contributed by atoms with Crippen molar-refractivity contribution in [2.24, 2.45) is 5.73 Å². The number of benzene rings is 1. The van der Waals surface area contributed by atoms with Gasteiger partial charge in [-0.2, -0.15) is 0 Å². The molecule has 0 aliphatic carbocycles. The summed E-state index contributed by atoms with van der Waals surface area (Å²) < 4.78 is 0. The van der Waals surface area contributed by atoms with Gasteiger partial charge in [-0.25, -0.2) is 4.79 Å². The Morgan fingerprint density at radius 1 is 1.50 bits per heavy atom. The summed E-state index contributed by atoms with van der Waals surface area (Å²) in [5.41, 5.74) is 5.85. The summed E-state index contributed by atoms with van der Waals surface area (Å²) in [5.74, 6) is -1.00. The fraction of sp³-hybridized carbons (Fsp3) is 0.125. The maximum Gasteiger partial charge on any atom is 0.336 e. The second-order valence-corrected chi connectivity index (χ2v) is 2.35. The Morgan fingerprint density at radius 2 is 2.17 bits per heavy atom. The Balaban J connectivity index is 3.20. The third-order valence-electron chi connectivity index (χ3n) is 1.54. The first-order valence-electron chi connectivity index (χ1n) is 3.40. The molecule has 0 heterocycles. The van der Waals surface area contributed by atoms with E-state index in [1.165, 1.54) is 18.2 Å². The van der Waals surface area contributed by atoms with Crippen LogP contribution in [0.1, 0.15) is 15.9 Å². The molecule has 0 aliphatic heterocycles. The molecule has 0 spiro atoms. The van der Waals surface area contributed by atoms with Crippen molar-refractivity contribution in [3.63, 3.8) is 0 Å². The summed E-state index contributed by atoms with van der Waals surface area (Å²) in [7, 11) is 0. The monoisotopic (exact) mass is 167 g/mol. The van der Waals surface area contributed by atoms with E-state index in [1.54, 1.807) is 0 Å². The van der Waals surface area contributed by atoms with E-state index in [4.69, 9.17) is 15.9 Å². The number of aromatic hydroxyl groups is 1. The SMILES string of the molecule is NCc1cc(O)ccc1C(=O)O. The molecule has 4 N–H and O–H groups in total. The molecular weight excluding hydrogens is 158 g/mol. The standard InChI is InChI=1S/C8H9NO3/c9-4-5-3-6(10)1-2-7(5)8(11)12/h1-3,10H,4,9H2,(H,11,12). The number of nitrogens with two attached hydrogens (primary N) is 1. The van der Waals surface area contributed by atoms with E-state index in [2.05, 4.69) is 0 Å². The Hall–Kier alpha value is -1.55. The summed E-state index contributed by atoms with van der Waals surface area (Å²) in [6.07, 6.45) is 0. The van der Waals surface area contributed by atoms with E-state index in [0.717, 1.165) is 0 Å². The van der Waals surface area contributed by atoms with Crippen LogP contribution in [-0.4, -0.2) is 16.2 Å².